The maximum Gasteiger partial charge on any atom is 0.232 e. The number of hydrogen-bond acceptors (Lipinski definition) is 4. The monoisotopic (exact) mass is 368 g/mol. The van der Waals surface area contributed by atoms with Crippen LogP contribution in [0.15, 0.2) is 33.8 Å². The van der Waals surface area contributed by atoms with Gasteiger partial charge in [-0.3, -0.25) is 4.99 Å². The van der Waals surface area contributed by atoms with Crippen molar-refractivity contribution in [2.75, 3.05) is 13.6 Å². The summed E-state index contributed by atoms with van der Waals surface area (Å²) in [6.45, 7) is 9.50. The Hall–Kier alpha value is -2.83. The van der Waals surface area contributed by atoms with Crippen LogP contribution >= 0.6 is 0 Å². The average molecular weight is 368 g/mol. The summed E-state index contributed by atoms with van der Waals surface area (Å²) in [5.74, 6) is 1.97. The van der Waals surface area contributed by atoms with Crippen LogP contribution in [0.25, 0.3) is 10.9 Å². The van der Waals surface area contributed by atoms with E-state index in [0.717, 1.165) is 18.9 Å². The smallest absolute Gasteiger partial charge is 0.232 e. The number of hydrogen-bond donors (Lipinski definition) is 3. The molecule has 7 nitrogen and oxygen atoms in total. The minimum absolute atomic E-state index is 0.150. The van der Waals surface area contributed by atoms with Crippen molar-refractivity contribution in [3.05, 3.63) is 47.2 Å². The van der Waals surface area contributed by atoms with Crippen molar-refractivity contribution in [1.29, 1.82) is 0 Å². The molecule has 0 aliphatic rings. The molecular formula is C20H28N6O. The van der Waals surface area contributed by atoms with Crippen LogP contribution in [0.2, 0.25) is 0 Å². The van der Waals surface area contributed by atoms with Gasteiger partial charge in [-0.15, -0.1) is 0 Å². The van der Waals surface area contributed by atoms with Crippen LogP contribution in [-0.2, 0) is 18.4 Å². The van der Waals surface area contributed by atoms with Crippen molar-refractivity contribution in [1.82, 2.24) is 25.8 Å². The van der Waals surface area contributed by atoms with Crippen LogP contribution in [0, 0.1) is 6.92 Å². The summed E-state index contributed by atoms with van der Waals surface area (Å²) in [5, 5.41) is 11.9. The molecule has 0 aliphatic heterocycles. The lowest BCUT2D eigenvalue weighted by molar-refractivity contribution is 0.318. The fraction of sp³-hybridized carbons (Fsp3) is 0.450. The number of aliphatic imine (C=N–C) groups is 1. The number of H-pyrrole nitrogens is 1. The van der Waals surface area contributed by atoms with Gasteiger partial charge in [0.2, 0.25) is 5.89 Å². The van der Waals surface area contributed by atoms with Crippen LogP contribution in [0.5, 0.6) is 0 Å². The van der Waals surface area contributed by atoms with E-state index in [2.05, 4.69) is 61.9 Å². The molecule has 7 heteroatoms. The molecule has 0 unspecified atom stereocenters. The average Bonchev–Trinajstić information content (AvgIpc) is 3.22. The maximum absolute atomic E-state index is 5.31. The first-order chi connectivity index (χ1) is 12.9. The van der Waals surface area contributed by atoms with Gasteiger partial charge in [0.05, 0.1) is 6.54 Å². The van der Waals surface area contributed by atoms with Crippen molar-refractivity contribution >= 4 is 16.9 Å². The Balaban J connectivity index is 1.53. The molecule has 144 valence electrons. The predicted octanol–water partition coefficient (Wildman–Crippen LogP) is 3.06. The van der Waals surface area contributed by atoms with Crippen molar-refractivity contribution in [3.63, 3.8) is 0 Å². The van der Waals surface area contributed by atoms with E-state index in [1.54, 1.807) is 7.05 Å². The number of rotatable bonds is 5. The number of fused-ring (bicyclic) bond motifs is 1. The third-order valence-electron chi connectivity index (χ3n) is 4.44. The van der Waals surface area contributed by atoms with Gasteiger partial charge in [0.1, 0.15) is 0 Å². The molecule has 0 saturated heterocycles. The largest absolute Gasteiger partial charge is 0.358 e. The number of nitrogens with one attached hydrogen (secondary N) is 3. The van der Waals surface area contributed by atoms with E-state index >= 15 is 0 Å². The first-order valence-electron chi connectivity index (χ1n) is 9.22. The first kappa shape index (κ1) is 18.9. The number of guanidine groups is 1. The van der Waals surface area contributed by atoms with Crippen molar-refractivity contribution in [2.45, 2.75) is 46.1 Å². The highest BCUT2D eigenvalue weighted by molar-refractivity contribution is 5.84. The molecule has 2 aromatic heterocycles. The molecule has 0 saturated carbocycles. The predicted molar refractivity (Wildman–Crippen MR) is 108 cm³/mol. The Morgan fingerprint density at radius 2 is 2.00 bits per heavy atom. The zero-order chi connectivity index (χ0) is 19.4. The molecule has 0 atom stereocenters. The molecule has 1 aromatic carbocycles. The van der Waals surface area contributed by atoms with Crippen LogP contribution < -0.4 is 10.6 Å². The quantitative estimate of drug-likeness (QED) is 0.476. The second-order valence-electron chi connectivity index (χ2n) is 7.64. The Bertz CT molecular complexity index is 931. The third-order valence-corrected chi connectivity index (χ3v) is 4.44. The number of benzene rings is 1. The fourth-order valence-electron chi connectivity index (χ4n) is 2.98. The van der Waals surface area contributed by atoms with Gasteiger partial charge in [-0.25, -0.2) is 0 Å². The van der Waals surface area contributed by atoms with Gasteiger partial charge in [-0.05, 0) is 25.0 Å². The summed E-state index contributed by atoms with van der Waals surface area (Å²) < 4.78 is 5.31. The molecule has 0 fully saturated rings. The van der Waals surface area contributed by atoms with E-state index in [0.29, 0.717) is 18.3 Å². The molecule has 3 N–H and O–H groups in total. The standard InChI is InChI=1S/C20H28N6O/c1-13-14(15-8-6-7-9-16(15)24-13)10-11-22-19(21-5)23-12-17-25-18(27-26-17)20(2,3)4/h6-9,24H,10-12H2,1-5H3,(H2,21,22,23). The minimum Gasteiger partial charge on any atom is -0.358 e. The molecule has 0 aliphatic carbocycles. The van der Waals surface area contributed by atoms with E-state index in [-0.39, 0.29) is 5.41 Å². The molecule has 0 spiro atoms. The number of para-hydroxylation sites is 1. The summed E-state index contributed by atoms with van der Waals surface area (Å²) in [6.07, 6.45) is 0.910. The Labute approximate surface area is 159 Å². The Kier molecular flexibility index (Phi) is 5.48. The highest BCUT2D eigenvalue weighted by atomic mass is 16.5. The zero-order valence-corrected chi connectivity index (χ0v) is 16.7. The second-order valence-corrected chi connectivity index (χ2v) is 7.64. The van der Waals surface area contributed by atoms with Crippen LogP contribution in [0.3, 0.4) is 0 Å². The molecule has 3 aromatic rings. The minimum atomic E-state index is -0.150. The topological polar surface area (TPSA) is 91.1 Å². The number of nitrogens with zero attached hydrogens (tertiary/aromatic N) is 3. The zero-order valence-electron chi connectivity index (χ0n) is 16.7. The van der Waals surface area contributed by atoms with Crippen molar-refractivity contribution in [3.8, 4) is 0 Å². The van der Waals surface area contributed by atoms with Crippen LogP contribution in [0.1, 0.15) is 43.7 Å². The van der Waals surface area contributed by atoms with Gasteiger partial charge in [0.25, 0.3) is 0 Å². The Morgan fingerprint density at radius 3 is 2.70 bits per heavy atom. The summed E-state index contributed by atoms with van der Waals surface area (Å²) in [7, 11) is 1.75. The molecule has 0 bridgehead atoms. The van der Waals surface area contributed by atoms with Gasteiger partial charge in [0, 0.05) is 35.6 Å². The van der Waals surface area contributed by atoms with Crippen LogP contribution in [-0.4, -0.2) is 34.7 Å². The highest BCUT2D eigenvalue weighted by Crippen LogP contribution is 2.22. The highest BCUT2D eigenvalue weighted by Gasteiger charge is 2.21. The van der Waals surface area contributed by atoms with Crippen LogP contribution in [0.4, 0.5) is 0 Å². The van der Waals surface area contributed by atoms with E-state index in [9.17, 15) is 0 Å². The molecule has 0 radical (unpaired) electrons. The van der Waals surface area contributed by atoms with E-state index < -0.39 is 0 Å². The second kappa shape index (κ2) is 7.82. The number of aromatic nitrogens is 3. The lowest BCUT2D eigenvalue weighted by Crippen LogP contribution is -2.38. The summed E-state index contributed by atoms with van der Waals surface area (Å²) >= 11 is 0. The summed E-state index contributed by atoms with van der Waals surface area (Å²) in [5.41, 5.74) is 3.57. The van der Waals surface area contributed by atoms with E-state index in [1.165, 1.54) is 22.2 Å². The van der Waals surface area contributed by atoms with Gasteiger partial charge in [0.15, 0.2) is 11.8 Å². The van der Waals surface area contributed by atoms with E-state index in [1.807, 2.05) is 20.8 Å². The summed E-state index contributed by atoms with van der Waals surface area (Å²) in [4.78, 5) is 12.1. The SMILES string of the molecule is CN=C(NCCc1c(C)[nH]c2ccccc12)NCc1noc(C(C)(C)C)n1. The number of aromatic amines is 1. The van der Waals surface area contributed by atoms with Gasteiger partial charge < -0.3 is 20.1 Å². The first-order valence-corrected chi connectivity index (χ1v) is 9.22. The number of aryl methyl sites for hydroxylation is 1. The van der Waals surface area contributed by atoms with Crippen molar-refractivity contribution in [2.24, 2.45) is 4.99 Å². The summed E-state index contributed by atoms with van der Waals surface area (Å²) in [6, 6.07) is 8.39. The maximum atomic E-state index is 5.31. The third kappa shape index (κ3) is 4.48. The molecule has 27 heavy (non-hydrogen) atoms. The lowest BCUT2D eigenvalue weighted by Gasteiger charge is -2.11. The van der Waals surface area contributed by atoms with Gasteiger partial charge in [-0.2, -0.15) is 4.98 Å². The molecule has 3 rings (SSSR count). The van der Waals surface area contributed by atoms with Gasteiger partial charge >= 0.3 is 0 Å². The molecular weight excluding hydrogens is 340 g/mol. The van der Waals surface area contributed by atoms with Crippen molar-refractivity contribution < 1.29 is 4.52 Å². The normalized spacial score (nSPS) is 12.6. The fourth-order valence-corrected chi connectivity index (χ4v) is 2.98. The molecule has 0 amide bonds. The molecule has 2 heterocycles. The lowest BCUT2D eigenvalue weighted by atomic mass is 9.97. The van der Waals surface area contributed by atoms with E-state index in [4.69, 9.17) is 4.52 Å². The Morgan fingerprint density at radius 1 is 1.22 bits per heavy atom. The van der Waals surface area contributed by atoms with Gasteiger partial charge in [-0.1, -0.05) is 44.1 Å².